The highest BCUT2D eigenvalue weighted by atomic mass is 19.1. The van der Waals surface area contributed by atoms with E-state index in [0.29, 0.717) is 17.3 Å². The average Bonchev–Trinajstić information content (AvgIpc) is 2.33. The molecule has 2 heteroatoms. The molecule has 1 aliphatic rings. The van der Waals surface area contributed by atoms with Gasteiger partial charge in [-0.25, -0.2) is 4.39 Å². The standard InChI is InChI=1S/C17H25FO/c1-17(2,3)14-6-9-16(19)13(11-14)10-12-4-7-15(18)8-5-12/h4-5,7-8,13-14,16,19H,6,9-11H2,1-3H3. The zero-order valence-corrected chi connectivity index (χ0v) is 12.2. The van der Waals surface area contributed by atoms with E-state index in [1.165, 1.54) is 12.1 Å². The minimum atomic E-state index is -0.205. The van der Waals surface area contributed by atoms with Crippen molar-refractivity contribution in [3.63, 3.8) is 0 Å². The van der Waals surface area contributed by atoms with Gasteiger partial charge in [0.05, 0.1) is 6.10 Å². The van der Waals surface area contributed by atoms with Crippen molar-refractivity contribution in [2.75, 3.05) is 0 Å². The van der Waals surface area contributed by atoms with Crippen molar-refractivity contribution < 1.29 is 9.50 Å². The van der Waals surface area contributed by atoms with Crippen LogP contribution in [-0.4, -0.2) is 11.2 Å². The third-order valence-corrected chi connectivity index (χ3v) is 4.58. The predicted octanol–water partition coefficient (Wildman–Crippen LogP) is 4.19. The topological polar surface area (TPSA) is 20.2 Å². The highest BCUT2D eigenvalue weighted by Gasteiger charge is 2.34. The summed E-state index contributed by atoms with van der Waals surface area (Å²) in [5, 5.41) is 10.2. The van der Waals surface area contributed by atoms with Crippen molar-refractivity contribution in [3.05, 3.63) is 35.6 Å². The molecular weight excluding hydrogens is 239 g/mol. The van der Waals surface area contributed by atoms with Gasteiger partial charge in [-0.05, 0) is 60.6 Å². The molecule has 0 heterocycles. The fraction of sp³-hybridized carbons (Fsp3) is 0.647. The summed E-state index contributed by atoms with van der Waals surface area (Å²) >= 11 is 0. The van der Waals surface area contributed by atoms with Crippen LogP contribution in [0.1, 0.15) is 45.6 Å². The Hall–Kier alpha value is -0.890. The summed E-state index contributed by atoms with van der Waals surface area (Å²) in [5.41, 5.74) is 1.43. The quantitative estimate of drug-likeness (QED) is 0.849. The van der Waals surface area contributed by atoms with E-state index in [0.717, 1.165) is 31.2 Å². The van der Waals surface area contributed by atoms with Gasteiger partial charge >= 0.3 is 0 Å². The first kappa shape index (κ1) is 14.5. The highest BCUT2D eigenvalue weighted by Crippen LogP contribution is 2.41. The molecule has 0 aromatic heterocycles. The lowest BCUT2D eigenvalue weighted by Gasteiger charge is -2.40. The molecule has 1 aliphatic carbocycles. The summed E-state index contributed by atoms with van der Waals surface area (Å²) in [4.78, 5) is 0. The molecule has 1 nitrogen and oxygen atoms in total. The van der Waals surface area contributed by atoms with Gasteiger partial charge in [0, 0.05) is 0 Å². The molecule has 3 atom stereocenters. The second-order valence-corrected chi connectivity index (χ2v) is 7.03. The van der Waals surface area contributed by atoms with Crippen LogP contribution in [0.2, 0.25) is 0 Å². The summed E-state index contributed by atoms with van der Waals surface area (Å²) in [6.07, 6.45) is 3.73. The molecule has 1 N–H and O–H groups in total. The Labute approximate surface area is 115 Å². The summed E-state index contributed by atoms with van der Waals surface area (Å²) in [5.74, 6) is 0.783. The molecule has 3 unspecified atom stereocenters. The maximum Gasteiger partial charge on any atom is 0.123 e. The van der Waals surface area contributed by atoms with Crippen molar-refractivity contribution in [1.29, 1.82) is 0 Å². The highest BCUT2D eigenvalue weighted by molar-refractivity contribution is 5.17. The van der Waals surface area contributed by atoms with Crippen LogP contribution in [0.25, 0.3) is 0 Å². The Balaban J connectivity index is 2.03. The van der Waals surface area contributed by atoms with Crippen molar-refractivity contribution in [3.8, 4) is 0 Å². The SMILES string of the molecule is CC(C)(C)C1CCC(O)C(Cc2ccc(F)cc2)C1. The van der Waals surface area contributed by atoms with Crippen LogP contribution in [0.5, 0.6) is 0 Å². The smallest absolute Gasteiger partial charge is 0.123 e. The number of benzene rings is 1. The lowest BCUT2D eigenvalue weighted by atomic mass is 9.67. The summed E-state index contributed by atoms with van der Waals surface area (Å²) < 4.78 is 12.9. The fourth-order valence-corrected chi connectivity index (χ4v) is 3.18. The Morgan fingerprint density at radius 2 is 1.79 bits per heavy atom. The number of aliphatic hydroxyl groups is 1. The molecule has 2 rings (SSSR count). The Morgan fingerprint density at radius 3 is 2.37 bits per heavy atom. The third-order valence-electron chi connectivity index (χ3n) is 4.58. The first-order valence-corrected chi connectivity index (χ1v) is 7.29. The van der Waals surface area contributed by atoms with Crippen LogP contribution >= 0.6 is 0 Å². The van der Waals surface area contributed by atoms with E-state index in [-0.39, 0.29) is 11.9 Å². The second-order valence-electron chi connectivity index (χ2n) is 7.03. The van der Waals surface area contributed by atoms with Crippen LogP contribution < -0.4 is 0 Å². The van der Waals surface area contributed by atoms with E-state index >= 15 is 0 Å². The minimum absolute atomic E-state index is 0.194. The van der Waals surface area contributed by atoms with E-state index in [1.54, 1.807) is 0 Å². The molecule has 1 saturated carbocycles. The number of rotatable bonds is 2. The van der Waals surface area contributed by atoms with Crippen molar-refractivity contribution in [1.82, 2.24) is 0 Å². The molecular formula is C17H25FO. The van der Waals surface area contributed by atoms with E-state index in [1.807, 2.05) is 12.1 Å². The van der Waals surface area contributed by atoms with Gasteiger partial charge in [0.25, 0.3) is 0 Å². The van der Waals surface area contributed by atoms with Gasteiger partial charge in [-0.3, -0.25) is 0 Å². The van der Waals surface area contributed by atoms with Crippen LogP contribution in [0.4, 0.5) is 4.39 Å². The van der Waals surface area contributed by atoms with Crippen molar-refractivity contribution in [2.45, 2.75) is 52.6 Å². The van der Waals surface area contributed by atoms with Gasteiger partial charge in [0.1, 0.15) is 5.82 Å². The molecule has 0 radical (unpaired) electrons. The largest absolute Gasteiger partial charge is 0.393 e. The lowest BCUT2D eigenvalue weighted by molar-refractivity contribution is 0.0196. The number of aliphatic hydroxyl groups excluding tert-OH is 1. The van der Waals surface area contributed by atoms with Gasteiger partial charge in [0.15, 0.2) is 0 Å². The zero-order chi connectivity index (χ0) is 14.0. The van der Waals surface area contributed by atoms with Gasteiger partial charge < -0.3 is 5.11 Å². The number of hydrogen-bond donors (Lipinski definition) is 1. The molecule has 0 bridgehead atoms. The van der Waals surface area contributed by atoms with Crippen LogP contribution in [0.3, 0.4) is 0 Å². The molecule has 0 spiro atoms. The normalized spacial score (nSPS) is 28.4. The van der Waals surface area contributed by atoms with E-state index < -0.39 is 0 Å². The van der Waals surface area contributed by atoms with Crippen molar-refractivity contribution >= 4 is 0 Å². The summed E-state index contributed by atoms with van der Waals surface area (Å²) in [7, 11) is 0. The van der Waals surface area contributed by atoms with Gasteiger partial charge in [0.2, 0.25) is 0 Å². The van der Waals surface area contributed by atoms with Gasteiger partial charge in [-0.1, -0.05) is 32.9 Å². The maximum absolute atomic E-state index is 12.9. The van der Waals surface area contributed by atoms with Crippen LogP contribution in [0.15, 0.2) is 24.3 Å². The molecule has 1 fully saturated rings. The molecule has 19 heavy (non-hydrogen) atoms. The van der Waals surface area contributed by atoms with E-state index in [2.05, 4.69) is 20.8 Å². The Bertz CT molecular complexity index is 404. The van der Waals surface area contributed by atoms with Gasteiger partial charge in [-0.15, -0.1) is 0 Å². The maximum atomic E-state index is 12.9. The number of hydrogen-bond acceptors (Lipinski definition) is 1. The first-order valence-electron chi connectivity index (χ1n) is 7.29. The predicted molar refractivity (Wildman–Crippen MR) is 76.4 cm³/mol. The first-order chi connectivity index (χ1) is 8.86. The molecule has 0 saturated heterocycles. The summed E-state index contributed by atoms with van der Waals surface area (Å²) in [6.45, 7) is 6.85. The lowest BCUT2D eigenvalue weighted by Crippen LogP contribution is -2.35. The Kier molecular flexibility index (Phi) is 4.29. The van der Waals surface area contributed by atoms with Crippen LogP contribution in [-0.2, 0) is 6.42 Å². The monoisotopic (exact) mass is 264 g/mol. The van der Waals surface area contributed by atoms with Gasteiger partial charge in [-0.2, -0.15) is 0 Å². The van der Waals surface area contributed by atoms with E-state index in [9.17, 15) is 9.50 Å². The molecule has 1 aromatic rings. The molecule has 0 aliphatic heterocycles. The Morgan fingerprint density at radius 1 is 1.16 bits per heavy atom. The molecule has 0 amide bonds. The van der Waals surface area contributed by atoms with Crippen molar-refractivity contribution in [2.24, 2.45) is 17.3 Å². The zero-order valence-electron chi connectivity index (χ0n) is 12.2. The van der Waals surface area contributed by atoms with Crippen LogP contribution in [0, 0.1) is 23.1 Å². The summed E-state index contributed by atoms with van der Waals surface area (Å²) in [6, 6.07) is 6.68. The second kappa shape index (κ2) is 5.62. The molecule has 1 aromatic carbocycles. The minimum Gasteiger partial charge on any atom is -0.393 e. The third kappa shape index (κ3) is 3.79. The average molecular weight is 264 g/mol. The molecule has 106 valence electrons. The fourth-order valence-electron chi connectivity index (χ4n) is 3.18. The van der Waals surface area contributed by atoms with E-state index in [4.69, 9.17) is 0 Å². The number of halogens is 1.